The van der Waals surface area contributed by atoms with Gasteiger partial charge in [0.05, 0.1) is 4.47 Å². The van der Waals surface area contributed by atoms with Gasteiger partial charge in [-0.25, -0.2) is 0 Å². The number of nitrogens with zero attached hydrogens (tertiary/aromatic N) is 1. The van der Waals surface area contributed by atoms with Crippen LogP contribution in [0.4, 0.5) is 0 Å². The Hall–Kier alpha value is -1.86. The molecule has 0 heterocycles. The van der Waals surface area contributed by atoms with E-state index in [0.29, 0.717) is 12.3 Å². The lowest BCUT2D eigenvalue weighted by Crippen LogP contribution is -2.50. The zero-order valence-corrected chi connectivity index (χ0v) is 21.7. The molecule has 0 radical (unpaired) electrons. The standard InChI is InChI=1S/C25H30Br2N2O3/c1-3-18-10-13-23(22(27)14-18)32-16-24(30)29(15-19-8-11-20(26)12-9-19)17(2)25(31)28-21-6-4-5-7-21/h8-14,17,21H,3-7,15-16H2,1-2H3,(H,28,31)/t17-/m1/s1. The average molecular weight is 566 g/mol. The van der Waals surface area contributed by atoms with Gasteiger partial charge in [-0.15, -0.1) is 0 Å². The fourth-order valence-corrected chi connectivity index (χ4v) is 4.67. The van der Waals surface area contributed by atoms with Crippen LogP contribution in [0, 0.1) is 0 Å². The molecule has 2 amide bonds. The van der Waals surface area contributed by atoms with Crippen molar-refractivity contribution in [3.63, 3.8) is 0 Å². The van der Waals surface area contributed by atoms with Gasteiger partial charge in [-0.05, 0) is 77.5 Å². The normalized spacial score (nSPS) is 14.8. The molecule has 1 N–H and O–H groups in total. The van der Waals surface area contributed by atoms with Crippen molar-refractivity contribution in [2.45, 2.75) is 64.6 Å². The molecule has 5 nitrogen and oxygen atoms in total. The topological polar surface area (TPSA) is 58.6 Å². The van der Waals surface area contributed by atoms with Gasteiger partial charge in [0.1, 0.15) is 11.8 Å². The molecular weight excluding hydrogens is 536 g/mol. The summed E-state index contributed by atoms with van der Waals surface area (Å²) in [4.78, 5) is 27.7. The largest absolute Gasteiger partial charge is 0.483 e. The number of nitrogens with one attached hydrogen (secondary N) is 1. The minimum atomic E-state index is -0.596. The lowest BCUT2D eigenvalue weighted by Gasteiger charge is -2.29. The molecule has 1 fully saturated rings. The van der Waals surface area contributed by atoms with E-state index in [-0.39, 0.29) is 24.5 Å². The van der Waals surface area contributed by atoms with Gasteiger partial charge in [0.15, 0.2) is 6.61 Å². The van der Waals surface area contributed by atoms with Crippen LogP contribution < -0.4 is 10.1 Å². The maximum atomic E-state index is 13.2. The predicted octanol–water partition coefficient (Wildman–Crippen LogP) is 5.63. The van der Waals surface area contributed by atoms with E-state index in [2.05, 4.69) is 44.1 Å². The molecule has 7 heteroatoms. The quantitative estimate of drug-likeness (QED) is 0.429. The molecule has 0 bridgehead atoms. The summed E-state index contributed by atoms with van der Waals surface area (Å²) in [5.74, 6) is 0.270. The van der Waals surface area contributed by atoms with Crippen LogP contribution in [-0.2, 0) is 22.6 Å². The van der Waals surface area contributed by atoms with Crippen molar-refractivity contribution in [2.75, 3.05) is 6.61 Å². The van der Waals surface area contributed by atoms with E-state index in [1.165, 1.54) is 5.56 Å². The third-order valence-electron chi connectivity index (χ3n) is 5.89. The number of benzene rings is 2. The first kappa shape index (κ1) is 24.8. The Morgan fingerprint density at radius 2 is 1.75 bits per heavy atom. The van der Waals surface area contributed by atoms with Gasteiger partial charge in [-0.3, -0.25) is 9.59 Å². The highest BCUT2D eigenvalue weighted by Gasteiger charge is 2.28. The van der Waals surface area contributed by atoms with Crippen LogP contribution in [0.15, 0.2) is 51.4 Å². The minimum Gasteiger partial charge on any atom is -0.483 e. The summed E-state index contributed by atoms with van der Waals surface area (Å²) in [5.41, 5.74) is 2.14. The lowest BCUT2D eigenvalue weighted by atomic mass is 10.1. The number of rotatable bonds is 9. The van der Waals surface area contributed by atoms with Crippen molar-refractivity contribution in [3.8, 4) is 5.75 Å². The van der Waals surface area contributed by atoms with Crippen LogP contribution in [0.3, 0.4) is 0 Å². The summed E-state index contributed by atoms with van der Waals surface area (Å²) >= 11 is 6.96. The van der Waals surface area contributed by atoms with E-state index in [4.69, 9.17) is 4.74 Å². The van der Waals surface area contributed by atoms with E-state index in [0.717, 1.165) is 46.6 Å². The second kappa shape index (κ2) is 11.8. The number of carbonyl (C=O) groups excluding carboxylic acids is 2. The summed E-state index contributed by atoms with van der Waals surface area (Å²) in [6.07, 6.45) is 5.21. The number of carbonyl (C=O) groups is 2. The monoisotopic (exact) mass is 564 g/mol. The zero-order valence-electron chi connectivity index (χ0n) is 18.6. The number of hydrogen-bond acceptors (Lipinski definition) is 3. The minimum absolute atomic E-state index is 0.115. The molecule has 172 valence electrons. The summed E-state index contributed by atoms with van der Waals surface area (Å²) in [7, 11) is 0. The fraction of sp³-hybridized carbons (Fsp3) is 0.440. The maximum Gasteiger partial charge on any atom is 0.261 e. The van der Waals surface area contributed by atoms with Crippen LogP contribution in [0.25, 0.3) is 0 Å². The van der Waals surface area contributed by atoms with E-state index < -0.39 is 6.04 Å². The highest BCUT2D eigenvalue weighted by atomic mass is 79.9. The molecule has 1 saturated carbocycles. The number of amides is 2. The van der Waals surface area contributed by atoms with Crippen LogP contribution in [0.2, 0.25) is 0 Å². The Kier molecular flexibility index (Phi) is 9.17. The van der Waals surface area contributed by atoms with Crippen LogP contribution in [0.1, 0.15) is 50.7 Å². The summed E-state index contributed by atoms with van der Waals surface area (Å²) < 4.78 is 7.61. The molecule has 0 spiro atoms. The first-order valence-electron chi connectivity index (χ1n) is 11.1. The second-order valence-corrected chi connectivity index (χ2v) is 9.99. The molecule has 0 saturated heterocycles. The molecule has 1 aliphatic rings. The van der Waals surface area contributed by atoms with Crippen LogP contribution in [-0.4, -0.2) is 35.4 Å². The Balaban J connectivity index is 1.71. The highest BCUT2D eigenvalue weighted by molar-refractivity contribution is 9.10. The molecule has 1 atom stereocenters. The fourth-order valence-electron chi connectivity index (χ4n) is 3.86. The van der Waals surface area contributed by atoms with Gasteiger partial charge in [-0.1, -0.05) is 53.9 Å². The van der Waals surface area contributed by atoms with Crippen LogP contribution >= 0.6 is 31.9 Å². The molecule has 2 aromatic rings. The van der Waals surface area contributed by atoms with E-state index in [9.17, 15) is 9.59 Å². The molecular formula is C25H30Br2N2O3. The number of ether oxygens (including phenoxy) is 1. The summed E-state index contributed by atoms with van der Waals surface area (Å²) in [6, 6.07) is 13.2. The first-order valence-corrected chi connectivity index (χ1v) is 12.7. The summed E-state index contributed by atoms with van der Waals surface area (Å²) in [6.45, 7) is 4.07. The number of hydrogen-bond donors (Lipinski definition) is 1. The van der Waals surface area contributed by atoms with Crippen LogP contribution in [0.5, 0.6) is 5.75 Å². The highest BCUT2D eigenvalue weighted by Crippen LogP contribution is 2.26. The van der Waals surface area contributed by atoms with Gasteiger partial charge >= 0.3 is 0 Å². The second-order valence-electron chi connectivity index (χ2n) is 8.22. The van der Waals surface area contributed by atoms with Crippen molar-refractivity contribution >= 4 is 43.7 Å². The molecule has 0 aliphatic heterocycles. The van der Waals surface area contributed by atoms with Gasteiger partial charge in [0, 0.05) is 17.1 Å². The Morgan fingerprint density at radius 3 is 2.38 bits per heavy atom. The third kappa shape index (κ3) is 6.82. The maximum absolute atomic E-state index is 13.2. The zero-order chi connectivity index (χ0) is 23.1. The van der Waals surface area contributed by atoms with E-state index in [1.54, 1.807) is 11.8 Å². The van der Waals surface area contributed by atoms with Gasteiger partial charge in [0.2, 0.25) is 5.91 Å². The SMILES string of the molecule is CCc1ccc(OCC(=O)N(Cc2ccc(Br)cc2)[C@H](C)C(=O)NC2CCCC2)c(Br)c1. The van der Waals surface area contributed by atoms with Gasteiger partial charge < -0.3 is 15.0 Å². The molecule has 32 heavy (non-hydrogen) atoms. The molecule has 1 aliphatic carbocycles. The lowest BCUT2D eigenvalue weighted by molar-refractivity contribution is -0.142. The molecule has 2 aromatic carbocycles. The third-order valence-corrected chi connectivity index (χ3v) is 7.04. The van der Waals surface area contributed by atoms with E-state index >= 15 is 0 Å². The van der Waals surface area contributed by atoms with Crippen molar-refractivity contribution < 1.29 is 14.3 Å². The Morgan fingerprint density at radius 1 is 1.09 bits per heavy atom. The van der Waals surface area contributed by atoms with Gasteiger partial charge in [-0.2, -0.15) is 0 Å². The van der Waals surface area contributed by atoms with Crippen molar-refractivity contribution in [1.82, 2.24) is 10.2 Å². The smallest absolute Gasteiger partial charge is 0.261 e. The number of halogens is 2. The molecule has 0 unspecified atom stereocenters. The predicted molar refractivity (Wildman–Crippen MR) is 134 cm³/mol. The average Bonchev–Trinajstić information content (AvgIpc) is 3.30. The van der Waals surface area contributed by atoms with Gasteiger partial charge in [0.25, 0.3) is 5.91 Å². The number of aryl methyl sites for hydroxylation is 1. The van der Waals surface area contributed by atoms with Crippen molar-refractivity contribution in [2.24, 2.45) is 0 Å². The molecule has 3 rings (SSSR count). The Labute approximate surface area is 207 Å². The Bertz CT molecular complexity index is 927. The van der Waals surface area contributed by atoms with Crippen molar-refractivity contribution in [3.05, 3.63) is 62.5 Å². The van der Waals surface area contributed by atoms with E-state index in [1.807, 2.05) is 42.5 Å². The van der Waals surface area contributed by atoms with Crippen molar-refractivity contribution in [1.29, 1.82) is 0 Å². The first-order chi connectivity index (χ1) is 15.4. The molecule has 0 aromatic heterocycles. The summed E-state index contributed by atoms with van der Waals surface area (Å²) in [5, 5.41) is 3.12.